The van der Waals surface area contributed by atoms with Crippen molar-refractivity contribution in [3.8, 4) is 11.4 Å². The van der Waals surface area contributed by atoms with Crippen LogP contribution in [0.3, 0.4) is 0 Å². The second-order valence-electron chi connectivity index (χ2n) is 7.49. The molecule has 1 aliphatic heterocycles. The van der Waals surface area contributed by atoms with Gasteiger partial charge in [0, 0.05) is 31.7 Å². The molecular weight excluding hydrogens is 467 g/mol. The van der Waals surface area contributed by atoms with Gasteiger partial charge in [-0.3, -0.25) is 4.79 Å². The number of sulfonamides is 1. The van der Waals surface area contributed by atoms with Crippen LogP contribution in [-0.2, 0) is 20.6 Å². The van der Waals surface area contributed by atoms with Crippen LogP contribution in [0.2, 0.25) is 0 Å². The predicted octanol–water partition coefficient (Wildman–Crippen LogP) is 1.56. The van der Waals surface area contributed by atoms with E-state index >= 15 is 0 Å². The Morgan fingerprint density at radius 3 is 2.33 bits per heavy atom. The zero-order valence-corrected chi connectivity index (χ0v) is 19.3. The maximum atomic E-state index is 13.1. The summed E-state index contributed by atoms with van der Waals surface area (Å²) in [4.78, 5) is 14.3. The van der Waals surface area contributed by atoms with E-state index in [0.717, 1.165) is 17.3 Å². The number of halogens is 1. The molecule has 1 saturated heterocycles. The second-order valence-corrected chi connectivity index (χ2v) is 10.4. The van der Waals surface area contributed by atoms with Crippen LogP contribution in [0, 0.1) is 5.82 Å². The first kappa shape index (κ1) is 23.2. The lowest BCUT2D eigenvalue weighted by Crippen LogP contribution is -2.51. The Morgan fingerprint density at radius 2 is 1.67 bits per heavy atom. The monoisotopic (exact) mass is 490 g/mol. The zero-order chi connectivity index (χ0) is 23.4. The van der Waals surface area contributed by atoms with Gasteiger partial charge in [0.25, 0.3) is 0 Å². The molecule has 174 valence electrons. The number of hydrogen-bond donors (Lipinski definition) is 1. The smallest absolute Gasteiger partial charge is 0.233 e. The van der Waals surface area contributed by atoms with Gasteiger partial charge in [0.1, 0.15) is 5.82 Å². The number of rotatable bonds is 7. The van der Waals surface area contributed by atoms with E-state index in [-0.39, 0.29) is 36.3 Å². The molecule has 12 heteroatoms. The molecule has 9 nitrogen and oxygen atoms in total. The van der Waals surface area contributed by atoms with Crippen molar-refractivity contribution in [2.24, 2.45) is 0 Å². The molecule has 2 heterocycles. The van der Waals surface area contributed by atoms with Crippen LogP contribution in [0.4, 0.5) is 4.39 Å². The fraction of sp³-hybridized carbons (Fsp3) is 0.286. The standard InChI is InChI=1S/C21H23FN6O3S2/c22-18-8-6-17(7-9-18)20-24-25-21(28(20)23)32-14-19(29)26-10-12-27(13-11-26)33(30,31)15-16-4-2-1-3-5-16/h1-9H,10-15,23H2. The first-order chi connectivity index (χ1) is 15.8. The van der Waals surface area contributed by atoms with Gasteiger partial charge in [-0.2, -0.15) is 4.31 Å². The van der Waals surface area contributed by atoms with Crippen molar-refractivity contribution >= 4 is 27.7 Å². The molecule has 0 bridgehead atoms. The quantitative estimate of drug-likeness (QED) is 0.395. The molecule has 0 atom stereocenters. The van der Waals surface area contributed by atoms with Crippen molar-refractivity contribution in [2.45, 2.75) is 10.9 Å². The van der Waals surface area contributed by atoms with Gasteiger partial charge in [0.2, 0.25) is 21.1 Å². The van der Waals surface area contributed by atoms with Crippen LogP contribution in [0.15, 0.2) is 59.8 Å². The predicted molar refractivity (Wildman–Crippen MR) is 124 cm³/mol. The van der Waals surface area contributed by atoms with Gasteiger partial charge in [-0.05, 0) is 29.8 Å². The number of nitrogens with two attached hydrogens (primary N) is 1. The Kier molecular flexibility index (Phi) is 6.96. The van der Waals surface area contributed by atoms with Crippen molar-refractivity contribution < 1.29 is 17.6 Å². The Bertz CT molecular complexity index is 1210. The SMILES string of the molecule is Nn1c(SCC(=O)N2CCN(S(=O)(=O)Cc3ccccc3)CC2)nnc1-c1ccc(F)cc1. The summed E-state index contributed by atoms with van der Waals surface area (Å²) in [5.41, 5.74) is 1.34. The van der Waals surface area contributed by atoms with Crippen LogP contribution < -0.4 is 5.84 Å². The highest BCUT2D eigenvalue weighted by Crippen LogP contribution is 2.22. The van der Waals surface area contributed by atoms with E-state index in [1.807, 2.05) is 18.2 Å². The van der Waals surface area contributed by atoms with Crippen LogP contribution in [0.5, 0.6) is 0 Å². The molecule has 2 N–H and O–H groups in total. The summed E-state index contributed by atoms with van der Waals surface area (Å²) in [6.07, 6.45) is 0. The highest BCUT2D eigenvalue weighted by Gasteiger charge is 2.29. The molecular formula is C21H23FN6O3S2. The number of carbonyl (C=O) groups excluding carboxylic acids is 1. The van der Waals surface area contributed by atoms with E-state index in [1.54, 1.807) is 29.2 Å². The number of carbonyl (C=O) groups is 1. The number of nitrogens with zero attached hydrogens (tertiary/aromatic N) is 5. The average molecular weight is 491 g/mol. The lowest BCUT2D eigenvalue weighted by Gasteiger charge is -2.34. The second kappa shape index (κ2) is 9.89. The molecule has 3 aromatic rings. The molecule has 4 rings (SSSR count). The molecule has 1 amide bonds. The van der Waals surface area contributed by atoms with Gasteiger partial charge in [-0.25, -0.2) is 17.5 Å². The van der Waals surface area contributed by atoms with Crippen molar-refractivity contribution in [3.63, 3.8) is 0 Å². The van der Waals surface area contributed by atoms with E-state index in [0.29, 0.717) is 29.6 Å². The highest BCUT2D eigenvalue weighted by molar-refractivity contribution is 7.99. The lowest BCUT2D eigenvalue weighted by molar-refractivity contribution is -0.129. The van der Waals surface area contributed by atoms with Crippen LogP contribution in [-0.4, -0.2) is 70.3 Å². The van der Waals surface area contributed by atoms with Crippen molar-refractivity contribution in [1.29, 1.82) is 0 Å². The summed E-state index contributed by atoms with van der Waals surface area (Å²) < 4.78 is 41.2. The minimum absolute atomic E-state index is 0.0554. The van der Waals surface area contributed by atoms with Crippen LogP contribution in [0.1, 0.15) is 5.56 Å². The maximum Gasteiger partial charge on any atom is 0.233 e. The first-order valence-electron chi connectivity index (χ1n) is 10.2. The third kappa shape index (κ3) is 5.52. The van der Waals surface area contributed by atoms with Gasteiger partial charge < -0.3 is 10.7 Å². The first-order valence-corrected chi connectivity index (χ1v) is 12.8. The third-order valence-electron chi connectivity index (χ3n) is 5.27. The largest absolute Gasteiger partial charge is 0.339 e. The minimum Gasteiger partial charge on any atom is -0.339 e. The molecule has 0 spiro atoms. The van der Waals surface area contributed by atoms with Gasteiger partial charge in [-0.1, -0.05) is 42.1 Å². The van der Waals surface area contributed by atoms with E-state index in [1.165, 1.54) is 21.1 Å². The molecule has 33 heavy (non-hydrogen) atoms. The van der Waals surface area contributed by atoms with E-state index in [4.69, 9.17) is 5.84 Å². The molecule has 1 fully saturated rings. The van der Waals surface area contributed by atoms with E-state index in [2.05, 4.69) is 10.2 Å². The van der Waals surface area contributed by atoms with Crippen LogP contribution >= 0.6 is 11.8 Å². The third-order valence-corrected chi connectivity index (χ3v) is 8.05. The zero-order valence-electron chi connectivity index (χ0n) is 17.7. The number of nitrogen functional groups attached to an aromatic ring is 1. The number of benzene rings is 2. The van der Waals surface area contributed by atoms with Gasteiger partial charge in [0.05, 0.1) is 11.5 Å². The molecule has 1 aromatic heterocycles. The van der Waals surface area contributed by atoms with Crippen LogP contribution in [0.25, 0.3) is 11.4 Å². The maximum absolute atomic E-state index is 13.1. The van der Waals surface area contributed by atoms with Crippen molar-refractivity contribution in [2.75, 3.05) is 37.8 Å². The Labute approximate surface area is 195 Å². The summed E-state index contributed by atoms with van der Waals surface area (Å²) in [7, 11) is -3.44. The summed E-state index contributed by atoms with van der Waals surface area (Å²) in [5.74, 6) is 5.95. The number of aromatic nitrogens is 3. The Hall–Kier alpha value is -2.96. The Balaban J connectivity index is 1.30. The minimum atomic E-state index is -3.44. The van der Waals surface area contributed by atoms with Gasteiger partial charge in [0.15, 0.2) is 5.82 Å². The summed E-state index contributed by atoms with van der Waals surface area (Å²) in [6, 6.07) is 14.7. The Morgan fingerprint density at radius 1 is 1.00 bits per heavy atom. The number of hydrogen-bond acceptors (Lipinski definition) is 7. The molecule has 0 radical (unpaired) electrons. The van der Waals surface area contributed by atoms with Gasteiger partial charge >= 0.3 is 0 Å². The van der Waals surface area contributed by atoms with E-state index < -0.39 is 10.0 Å². The lowest BCUT2D eigenvalue weighted by atomic mass is 10.2. The molecule has 0 unspecified atom stereocenters. The van der Waals surface area contributed by atoms with Crippen molar-refractivity contribution in [3.05, 3.63) is 66.0 Å². The average Bonchev–Trinajstić information content (AvgIpc) is 3.18. The van der Waals surface area contributed by atoms with E-state index in [9.17, 15) is 17.6 Å². The molecule has 0 saturated carbocycles. The molecule has 2 aromatic carbocycles. The summed E-state index contributed by atoms with van der Waals surface area (Å²) in [5, 5.41) is 8.39. The highest BCUT2D eigenvalue weighted by atomic mass is 32.2. The summed E-state index contributed by atoms with van der Waals surface area (Å²) in [6.45, 7) is 1.16. The fourth-order valence-corrected chi connectivity index (χ4v) is 5.76. The number of piperazine rings is 1. The summed E-state index contributed by atoms with van der Waals surface area (Å²) >= 11 is 1.14. The molecule has 1 aliphatic rings. The molecule has 0 aliphatic carbocycles. The topological polar surface area (TPSA) is 114 Å². The van der Waals surface area contributed by atoms with Gasteiger partial charge in [-0.15, -0.1) is 10.2 Å². The number of amides is 1. The number of thioether (sulfide) groups is 1. The fourth-order valence-electron chi connectivity index (χ4n) is 3.48. The van der Waals surface area contributed by atoms with Crippen molar-refractivity contribution in [1.82, 2.24) is 24.1 Å². The normalized spacial score (nSPS) is 15.0.